The van der Waals surface area contributed by atoms with Crippen molar-refractivity contribution in [3.63, 3.8) is 0 Å². The number of ether oxygens (including phenoxy) is 8. The molecule has 0 spiro atoms. The van der Waals surface area contributed by atoms with E-state index >= 15 is 0 Å². The van der Waals surface area contributed by atoms with E-state index in [9.17, 15) is 9.59 Å². The van der Waals surface area contributed by atoms with Crippen LogP contribution in [0.3, 0.4) is 0 Å². The van der Waals surface area contributed by atoms with Gasteiger partial charge in [-0.05, 0) is 78.1 Å². The van der Waals surface area contributed by atoms with E-state index in [1.807, 2.05) is 0 Å². The average Bonchev–Trinajstić information content (AvgIpc) is 3.84. The molecule has 4 rings (SSSR count). The monoisotopic (exact) mass is 600 g/mol. The van der Waals surface area contributed by atoms with Crippen LogP contribution in [-0.2, 0) is 37.9 Å². The van der Waals surface area contributed by atoms with Gasteiger partial charge < -0.3 is 37.9 Å². The third kappa shape index (κ3) is 14.7. The minimum Gasteiger partial charge on any atom is -0.435 e. The number of hydrogen-bond donors (Lipinski definition) is 0. The van der Waals surface area contributed by atoms with E-state index in [0.717, 1.165) is 64.3 Å². The molecule has 10 heteroatoms. The van der Waals surface area contributed by atoms with Gasteiger partial charge in [-0.3, -0.25) is 0 Å². The Morgan fingerprint density at radius 2 is 1.33 bits per heavy atom. The third-order valence-corrected chi connectivity index (χ3v) is 8.10. The van der Waals surface area contributed by atoms with Gasteiger partial charge in [0, 0.05) is 32.7 Å². The zero-order valence-corrected chi connectivity index (χ0v) is 26.4. The minimum absolute atomic E-state index is 0.169. The number of epoxide rings is 2. The molecule has 0 aromatic carbocycles. The molecule has 2 saturated carbocycles. The number of carbonyl (C=O) groups excluding carboxylic acids is 2. The Kier molecular flexibility index (Phi) is 15.7. The quantitative estimate of drug-likeness (QED) is 0.0892. The largest absolute Gasteiger partial charge is 0.511 e. The first-order valence-corrected chi connectivity index (χ1v) is 16.6. The maximum atomic E-state index is 11.4. The molecule has 2 aliphatic heterocycles. The van der Waals surface area contributed by atoms with E-state index in [4.69, 9.17) is 37.9 Å². The van der Waals surface area contributed by atoms with Crippen LogP contribution < -0.4 is 0 Å². The standard InChI is InChI=1S/2C16H28O5/c1-13(2)20-15(17)21-16(12-19-16)9-5-6-10-18-11-14-7-3-4-8-14;1-2-18-15(17)21-16(13-20-16)11-7-4-8-12-19-14-9-5-3-6-10-14/h13-14H,3-12H2,1-2H3;14H,2-13H2,1H3. The first-order valence-electron chi connectivity index (χ1n) is 16.6. The summed E-state index contributed by atoms with van der Waals surface area (Å²) >= 11 is 0. The predicted molar refractivity (Wildman–Crippen MR) is 156 cm³/mol. The minimum atomic E-state index is -0.725. The van der Waals surface area contributed by atoms with E-state index < -0.39 is 23.9 Å². The molecule has 2 atom stereocenters. The van der Waals surface area contributed by atoms with E-state index in [2.05, 4.69) is 0 Å². The third-order valence-electron chi connectivity index (χ3n) is 8.10. The van der Waals surface area contributed by atoms with Gasteiger partial charge in [0.1, 0.15) is 13.2 Å². The number of carbonyl (C=O) groups is 2. The molecule has 4 fully saturated rings. The first-order chi connectivity index (χ1) is 20.3. The summed E-state index contributed by atoms with van der Waals surface area (Å²) in [6.07, 6.45) is 17.3. The maximum absolute atomic E-state index is 11.4. The molecule has 0 radical (unpaired) electrons. The maximum Gasteiger partial charge on any atom is 0.511 e. The normalized spacial score (nSPS) is 25.4. The van der Waals surface area contributed by atoms with Gasteiger partial charge in [-0.25, -0.2) is 9.59 Å². The second kappa shape index (κ2) is 18.9. The van der Waals surface area contributed by atoms with Gasteiger partial charge in [0.15, 0.2) is 0 Å². The van der Waals surface area contributed by atoms with Crippen LogP contribution in [0.15, 0.2) is 0 Å². The molecular weight excluding hydrogens is 544 g/mol. The van der Waals surface area contributed by atoms with Gasteiger partial charge in [-0.2, -0.15) is 0 Å². The smallest absolute Gasteiger partial charge is 0.435 e. The first kappa shape index (κ1) is 34.9. The molecule has 0 amide bonds. The van der Waals surface area contributed by atoms with Crippen LogP contribution in [0.1, 0.15) is 124 Å². The van der Waals surface area contributed by atoms with Crippen LogP contribution in [0.4, 0.5) is 9.59 Å². The number of rotatable bonds is 18. The lowest BCUT2D eigenvalue weighted by Crippen LogP contribution is -2.24. The van der Waals surface area contributed by atoms with E-state index in [1.54, 1.807) is 20.8 Å². The summed E-state index contributed by atoms with van der Waals surface area (Å²) in [6.45, 7) is 9.17. The van der Waals surface area contributed by atoms with Gasteiger partial charge >= 0.3 is 12.3 Å². The fourth-order valence-electron chi connectivity index (χ4n) is 5.52. The van der Waals surface area contributed by atoms with E-state index in [-0.39, 0.29) is 6.10 Å². The molecule has 0 N–H and O–H groups in total. The van der Waals surface area contributed by atoms with Crippen molar-refractivity contribution in [1.82, 2.24) is 0 Å². The number of unbranched alkanes of at least 4 members (excludes halogenated alkanes) is 3. The fourth-order valence-corrected chi connectivity index (χ4v) is 5.52. The Balaban J connectivity index is 0.000000230. The summed E-state index contributed by atoms with van der Waals surface area (Å²) in [5.74, 6) is -0.647. The zero-order chi connectivity index (χ0) is 30.1. The molecule has 244 valence electrons. The van der Waals surface area contributed by atoms with Crippen LogP contribution in [0.25, 0.3) is 0 Å². The van der Waals surface area contributed by atoms with Crippen molar-refractivity contribution in [1.29, 1.82) is 0 Å². The van der Waals surface area contributed by atoms with Crippen LogP contribution in [-0.4, -0.2) is 75.7 Å². The molecule has 2 saturated heterocycles. The van der Waals surface area contributed by atoms with Crippen molar-refractivity contribution in [3.8, 4) is 0 Å². The highest BCUT2D eigenvalue weighted by Gasteiger charge is 2.50. The molecule has 4 aliphatic rings. The Hall–Kier alpha value is -1.62. The highest BCUT2D eigenvalue weighted by molar-refractivity contribution is 5.61. The van der Waals surface area contributed by atoms with Gasteiger partial charge in [0.05, 0.1) is 18.8 Å². The second-order valence-electron chi connectivity index (χ2n) is 12.3. The summed E-state index contributed by atoms with van der Waals surface area (Å²) in [4.78, 5) is 22.7. The van der Waals surface area contributed by atoms with Gasteiger partial charge in [-0.15, -0.1) is 0 Å². The Morgan fingerprint density at radius 1 is 0.762 bits per heavy atom. The molecule has 2 unspecified atom stereocenters. The summed E-state index contributed by atoms with van der Waals surface area (Å²) in [7, 11) is 0. The van der Waals surface area contributed by atoms with E-state index in [1.165, 1.54) is 57.8 Å². The van der Waals surface area contributed by atoms with E-state index in [0.29, 0.717) is 32.3 Å². The highest BCUT2D eigenvalue weighted by Crippen LogP contribution is 2.35. The summed E-state index contributed by atoms with van der Waals surface area (Å²) in [5.41, 5.74) is 0. The number of hydrogen-bond acceptors (Lipinski definition) is 10. The molecular formula is C32H56O10. The Bertz CT molecular complexity index is 752. The predicted octanol–water partition coefficient (Wildman–Crippen LogP) is 7.45. The van der Waals surface area contributed by atoms with Crippen LogP contribution >= 0.6 is 0 Å². The summed E-state index contributed by atoms with van der Waals surface area (Å²) in [6, 6.07) is 0. The zero-order valence-electron chi connectivity index (χ0n) is 26.4. The Morgan fingerprint density at radius 3 is 1.93 bits per heavy atom. The summed E-state index contributed by atoms with van der Waals surface area (Å²) in [5, 5.41) is 0. The molecule has 2 aliphatic carbocycles. The molecule has 0 aromatic rings. The SMILES string of the molecule is CC(C)OC(=O)OC1(CCCCOCC2CCCC2)CO1.CCOC(=O)OC1(CCCCCOC2CCCCC2)CO1. The lowest BCUT2D eigenvalue weighted by Gasteiger charge is -2.21. The van der Waals surface area contributed by atoms with Gasteiger partial charge in [0.2, 0.25) is 11.6 Å². The average molecular weight is 601 g/mol. The molecule has 42 heavy (non-hydrogen) atoms. The topological polar surface area (TPSA) is 115 Å². The van der Waals surface area contributed by atoms with Crippen molar-refractivity contribution in [2.75, 3.05) is 39.6 Å². The highest BCUT2D eigenvalue weighted by atomic mass is 16.9. The van der Waals surface area contributed by atoms with Crippen molar-refractivity contribution < 1.29 is 47.5 Å². The fraction of sp³-hybridized carbons (Fsp3) is 0.938. The molecule has 10 nitrogen and oxygen atoms in total. The van der Waals surface area contributed by atoms with Crippen molar-refractivity contribution >= 4 is 12.3 Å². The summed E-state index contributed by atoms with van der Waals surface area (Å²) < 4.78 is 42.3. The lowest BCUT2D eigenvalue weighted by atomic mass is 9.98. The van der Waals surface area contributed by atoms with Crippen LogP contribution in [0, 0.1) is 5.92 Å². The van der Waals surface area contributed by atoms with Crippen molar-refractivity contribution in [2.24, 2.45) is 5.92 Å². The van der Waals surface area contributed by atoms with Gasteiger partial charge in [0.25, 0.3) is 0 Å². The molecule has 0 aromatic heterocycles. The lowest BCUT2D eigenvalue weighted by molar-refractivity contribution is -0.0493. The van der Waals surface area contributed by atoms with Gasteiger partial charge in [-0.1, -0.05) is 38.5 Å². The van der Waals surface area contributed by atoms with Crippen molar-refractivity contribution in [2.45, 2.75) is 147 Å². The molecule has 0 bridgehead atoms. The van der Waals surface area contributed by atoms with Crippen molar-refractivity contribution in [3.05, 3.63) is 0 Å². The Labute approximate surface area is 252 Å². The van der Waals surface area contributed by atoms with Crippen LogP contribution in [0.5, 0.6) is 0 Å². The van der Waals surface area contributed by atoms with Crippen LogP contribution in [0.2, 0.25) is 0 Å². The second-order valence-corrected chi connectivity index (χ2v) is 12.3. The molecule has 2 heterocycles.